The van der Waals surface area contributed by atoms with Gasteiger partial charge in [-0.05, 0) is 41.5 Å². The van der Waals surface area contributed by atoms with E-state index in [1.165, 1.54) is 17.3 Å². The third-order valence-corrected chi connectivity index (χ3v) is 6.73. The van der Waals surface area contributed by atoms with E-state index in [0.29, 0.717) is 54.0 Å². The first-order valence-electron chi connectivity index (χ1n) is 13.1. The maximum atomic E-state index is 12.7. The number of nitrogens with one attached hydrogen (secondary N) is 1. The standard InChI is InChI=1S/C28H26F6N6O2/c29-27(30,31)14-26(41)40-9-7-39(8-10-40)16-18-3-6-36-20(11-18)13-25-37-22-2-1-19(12-23(22)38-25)21-4-5-35-15-24(21)42-17-28(32,33)34/h1-6,11-12,15H,7-10,13-14,16-17H2,(H,37,38). The molecule has 1 aliphatic rings. The second-order valence-corrected chi connectivity index (χ2v) is 9.97. The highest BCUT2D eigenvalue weighted by Crippen LogP contribution is 2.32. The Morgan fingerprint density at radius 3 is 2.48 bits per heavy atom. The van der Waals surface area contributed by atoms with E-state index in [4.69, 9.17) is 4.74 Å². The Hall–Kier alpha value is -4.20. The molecule has 14 heteroatoms. The summed E-state index contributed by atoms with van der Waals surface area (Å²) in [5, 5.41) is 0. The van der Waals surface area contributed by atoms with Gasteiger partial charge in [0, 0.05) is 62.8 Å². The van der Waals surface area contributed by atoms with Crippen LogP contribution in [0.2, 0.25) is 0 Å². The van der Waals surface area contributed by atoms with Gasteiger partial charge < -0.3 is 14.6 Å². The number of carbonyl (C=O) groups excluding carboxylic acids is 1. The molecule has 0 bridgehead atoms. The molecule has 1 amide bonds. The number of hydrogen-bond donors (Lipinski definition) is 1. The third-order valence-electron chi connectivity index (χ3n) is 6.73. The molecule has 0 atom stereocenters. The van der Waals surface area contributed by atoms with E-state index in [-0.39, 0.29) is 18.8 Å². The van der Waals surface area contributed by atoms with E-state index in [1.54, 1.807) is 30.5 Å². The highest BCUT2D eigenvalue weighted by Gasteiger charge is 2.34. The number of halogens is 6. The van der Waals surface area contributed by atoms with E-state index in [0.717, 1.165) is 11.3 Å². The number of nitrogens with zero attached hydrogens (tertiary/aromatic N) is 5. The number of benzene rings is 1. The molecular formula is C28H26F6N6O2. The van der Waals surface area contributed by atoms with Gasteiger partial charge >= 0.3 is 12.4 Å². The smallest absolute Gasteiger partial charge is 0.422 e. The predicted octanol–water partition coefficient (Wildman–Crippen LogP) is 5.15. The summed E-state index contributed by atoms with van der Waals surface area (Å²) in [6.07, 6.45) is -5.63. The number of ether oxygens (including phenoxy) is 1. The van der Waals surface area contributed by atoms with E-state index < -0.39 is 31.3 Å². The minimum atomic E-state index is -4.51. The average molecular weight is 593 g/mol. The van der Waals surface area contributed by atoms with Crippen molar-refractivity contribution in [3.63, 3.8) is 0 Å². The summed E-state index contributed by atoms with van der Waals surface area (Å²) in [6.45, 7) is 0.546. The zero-order chi connectivity index (χ0) is 29.9. The van der Waals surface area contributed by atoms with Crippen molar-refractivity contribution in [2.45, 2.75) is 31.7 Å². The number of alkyl halides is 6. The number of fused-ring (bicyclic) bond motifs is 1. The van der Waals surface area contributed by atoms with Gasteiger partial charge in [0.1, 0.15) is 18.0 Å². The molecule has 1 N–H and O–H groups in total. The Bertz CT molecular complexity index is 1550. The molecular weight excluding hydrogens is 566 g/mol. The topological polar surface area (TPSA) is 87.2 Å². The van der Waals surface area contributed by atoms with Crippen molar-refractivity contribution in [2.75, 3.05) is 32.8 Å². The van der Waals surface area contributed by atoms with Crippen LogP contribution in [0.25, 0.3) is 22.2 Å². The van der Waals surface area contributed by atoms with Crippen molar-refractivity contribution >= 4 is 16.9 Å². The first kappa shape index (κ1) is 29.3. The van der Waals surface area contributed by atoms with Crippen LogP contribution in [0.15, 0.2) is 55.0 Å². The fourth-order valence-corrected chi connectivity index (χ4v) is 4.80. The van der Waals surface area contributed by atoms with Gasteiger partial charge in [0.15, 0.2) is 6.61 Å². The van der Waals surface area contributed by atoms with Gasteiger partial charge in [0.2, 0.25) is 5.91 Å². The SMILES string of the molecule is O=C(CC(F)(F)F)N1CCN(Cc2ccnc(Cc3nc4ccc(-c5ccncc5OCC(F)(F)F)cc4[nH]3)c2)CC1. The quantitative estimate of drug-likeness (QED) is 0.285. The van der Waals surface area contributed by atoms with Crippen LogP contribution in [0, 0.1) is 0 Å². The number of imidazole rings is 1. The zero-order valence-corrected chi connectivity index (χ0v) is 22.2. The van der Waals surface area contributed by atoms with Gasteiger partial charge in [-0.2, -0.15) is 26.3 Å². The zero-order valence-electron chi connectivity index (χ0n) is 22.2. The molecule has 0 radical (unpaired) electrons. The van der Waals surface area contributed by atoms with Crippen molar-refractivity contribution in [3.8, 4) is 16.9 Å². The number of aromatic amines is 1. The lowest BCUT2D eigenvalue weighted by Crippen LogP contribution is -2.49. The van der Waals surface area contributed by atoms with Gasteiger partial charge in [-0.1, -0.05) is 6.07 Å². The number of aromatic nitrogens is 4. The van der Waals surface area contributed by atoms with Crippen molar-refractivity contribution in [1.82, 2.24) is 29.7 Å². The third kappa shape index (κ3) is 7.75. The van der Waals surface area contributed by atoms with E-state index in [9.17, 15) is 31.1 Å². The Morgan fingerprint density at radius 1 is 0.952 bits per heavy atom. The molecule has 0 aliphatic carbocycles. The monoisotopic (exact) mass is 592 g/mol. The first-order chi connectivity index (χ1) is 19.9. The average Bonchev–Trinajstić information content (AvgIpc) is 3.33. The molecule has 42 heavy (non-hydrogen) atoms. The van der Waals surface area contributed by atoms with Crippen LogP contribution in [0.3, 0.4) is 0 Å². The Morgan fingerprint density at radius 2 is 1.74 bits per heavy atom. The second-order valence-electron chi connectivity index (χ2n) is 9.97. The number of hydrogen-bond acceptors (Lipinski definition) is 6. The molecule has 0 saturated carbocycles. The van der Waals surface area contributed by atoms with Crippen LogP contribution < -0.4 is 4.74 Å². The predicted molar refractivity (Wildman–Crippen MR) is 140 cm³/mol. The lowest BCUT2D eigenvalue weighted by atomic mass is 10.1. The van der Waals surface area contributed by atoms with Crippen LogP contribution in [-0.4, -0.2) is 80.8 Å². The molecule has 0 unspecified atom stereocenters. The van der Waals surface area contributed by atoms with Crippen LogP contribution in [0.4, 0.5) is 26.3 Å². The summed E-state index contributed by atoms with van der Waals surface area (Å²) < 4.78 is 80.6. The fraction of sp³-hybridized carbons (Fsp3) is 0.357. The Labute approximate surface area is 236 Å². The summed E-state index contributed by atoms with van der Waals surface area (Å²) in [6, 6.07) is 10.7. The van der Waals surface area contributed by atoms with Gasteiger partial charge in [0.25, 0.3) is 0 Å². The molecule has 1 aliphatic heterocycles. The molecule has 8 nitrogen and oxygen atoms in total. The number of amides is 1. The second kappa shape index (κ2) is 12.0. The maximum Gasteiger partial charge on any atom is 0.422 e. The molecule has 4 heterocycles. The number of pyridine rings is 2. The molecule has 3 aromatic heterocycles. The van der Waals surface area contributed by atoms with E-state index >= 15 is 0 Å². The Kier molecular flexibility index (Phi) is 8.34. The van der Waals surface area contributed by atoms with Crippen molar-refractivity contribution < 1.29 is 35.9 Å². The van der Waals surface area contributed by atoms with Crippen molar-refractivity contribution in [2.24, 2.45) is 0 Å². The molecule has 1 fully saturated rings. The van der Waals surface area contributed by atoms with Crippen LogP contribution in [0.1, 0.15) is 23.5 Å². The molecule has 0 spiro atoms. The maximum absolute atomic E-state index is 12.7. The number of rotatable bonds is 8. The number of H-pyrrole nitrogens is 1. The molecule has 1 saturated heterocycles. The summed E-state index contributed by atoms with van der Waals surface area (Å²) >= 11 is 0. The van der Waals surface area contributed by atoms with E-state index in [2.05, 4.69) is 24.8 Å². The molecule has 4 aromatic rings. The number of carbonyl (C=O) groups is 1. The van der Waals surface area contributed by atoms with Crippen LogP contribution >= 0.6 is 0 Å². The lowest BCUT2D eigenvalue weighted by molar-refractivity contribution is -0.162. The van der Waals surface area contributed by atoms with Gasteiger partial charge in [0.05, 0.1) is 17.2 Å². The fourth-order valence-electron chi connectivity index (χ4n) is 4.80. The number of piperazine rings is 1. The summed E-state index contributed by atoms with van der Waals surface area (Å²) in [5.41, 5.74) is 4.19. The molecule has 1 aromatic carbocycles. The normalized spacial score (nSPS) is 14.9. The lowest BCUT2D eigenvalue weighted by Gasteiger charge is -2.35. The largest absolute Gasteiger partial charge is 0.482 e. The minimum Gasteiger partial charge on any atom is -0.482 e. The Balaban J connectivity index is 1.23. The first-order valence-corrected chi connectivity index (χ1v) is 13.1. The summed E-state index contributed by atoms with van der Waals surface area (Å²) in [7, 11) is 0. The highest BCUT2D eigenvalue weighted by molar-refractivity contribution is 5.83. The highest BCUT2D eigenvalue weighted by atomic mass is 19.4. The summed E-state index contributed by atoms with van der Waals surface area (Å²) in [4.78, 5) is 31.3. The van der Waals surface area contributed by atoms with Crippen molar-refractivity contribution in [1.29, 1.82) is 0 Å². The molecule has 222 valence electrons. The van der Waals surface area contributed by atoms with Crippen molar-refractivity contribution in [3.05, 3.63) is 72.1 Å². The molecule has 5 rings (SSSR count). The van der Waals surface area contributed by atoms with E-state index in [1.807, 2.05) is 12.1 Å². The minimum absolute atomic E-state index is 0.0178. The van der Waals surface area contributed by atoms with Crippen LogP contribution in [-0.2, 0) is 17.8 Å². The van der Waals surface area contributed by atoms with Gasteiger partial charge in [-0.25, -0.2) is 4.98 Å². The van der Waals surface area contributed by atoms with Crippen LogP contribution in [0.5, 0.6) is 5.75 Å². The van der Waals surface area contributed by atoms with Gasteiger partial charge in [-0.3, -0.25) is 19.7 Å². The van der Waals surface area contributed by atoms with Gasteiger partial charge in [-0.15, -0.1) is 0 Å². The summed E-state index contributed by atoms with van der Waals surface area (Å²) in [5.74, 6) is -0.238.